The van der Waals surface area contributed by atoms with Gasteiger partial charge in [-0.2, -0.15) is 0 Å². The summed E-state index contributed by atoms with van der Waals surface area (Å²) in [6.45, 7) is 5.74. The Morgan fingerprint density at radius 1 is 1.17 bits per heavy atom. The topological polar surface area (TPSA) is 52.6 Å². The van der Waals surface area contributed by atoms with E-state index in [9.17, 15) is 9.59 Å². The molecule has 0 amide bonds. The first-order valence-corrected chi connectivity index (χ1v) is 3.65. The Bertz CT molecular complexity index is 112. The summed E-state index contributed by atoms with van der Waals surface area (Å²) in [7, 11) is 1.70. The Balaban J connectivity index is 0. The summed E-state index contributed by atoms with van der Waals surface area (Å²) in [5.74, 6) is 0. The number of ether oxygens (including phenoxy) is 2. The molecule has 4 heteroatoms. The molecule has 0 heterocycles. The van der Waals surface area contributed by atoms with Gasteiger partial charge < -0.3 is 9.47 Å². The number of hydrogen-bond acceptors (Lipinski definition) is 4. The van der Waals surface area contributed by atoms with Crippen LogP contribution in [-0.4, -0.2) is 32.1 Å². The summed E-state index contributed by atoms with van der Waals surface area (Å²) < 4.78 is 8.89. The minimum absolute atomic E-state index is 0.249. The molecule has 0 rings (SSSR count). The standard InChI is InChI=1S/C4H6O3.C4H10O/c1-4(2-5)7-3-6;1-4(2)5-3/h2-4H,1H3;4H,1-3H3/t4-;/m0./s1. The summed E-state index contributed by atoms with van der Waals surface area (Å²) in [4.78, 5) is 19.0. The SMILES string of the molecule is COC(C)C.C[C@@H](C=O)OC=O. The largest absolute Gasteiger partial charge is 0.457 e. The molecule has 0 aromatic heterocycles. The first-order chi connectivity index (χ1) is 5.58. The number of carbonyl (C=O) groups excluding carboxylic acids is 2. The fraction of sp³-hybridized carbons (Fsp3) is 0.750. The molecule has 0 saturated carbocycles. The minimum Gasteiger partial charge on any atom is -0.457 e. The fourth-order valence-electron chi connectivity index (χ4n) is 0.120. The molecule has 0 fully saturated rings. The van der Waals surface area contributed by atoms with Crippen LogP contribution in [0.1, 0.15) is 20.8 Å². The van der Waals surface area contributed by atoms with Crippen molar-refractivity contribution in [3.8, 4) is 0 Å². The van der Waals surface area contributed by atoms with Crippen LogP contribution < -0.4 is 0 Å². The van der Waals surface area contributed by atoms with Crippen LogP contribution in [0.15, 0.2) is 0 Å². The summed E-state index contributed by atoms with van der Waals surface area (Å²) in [6.07, 6.45) is 0.335. The molecule has 0 aliphatic carbocycles. The van der Waals surface area contributed by atoms with E-state index in [4.69, 9.17) is 4.74 Å². The maximum atomic E-state index is 9.61. The highest BCUT2D eigenvalue weighted by Gasteiger charge is 1.92. The quantitative estimate of drug-likeness (QED) is 0.594. The van der Waals surface area contributed by atoms with Crippen molar-refractivity contribution in [1.82, 2.24) is 0 Å². The minimum atomic E-state index is -0.600. The van der Waals surface area contributed by atoms with Crippen molar-refractivity contribution >= 4 is 12.8 Å². The van der Waals surface area contributed by atoms with E-state index in [0.29, 0.717) is 12.4 Å². The molecule has 12 heavy (non-hydrogen) atoms. The monoisotopic (exact) mass is 176 g/mol. The third-order valence-corrected chi connectivity index (χ3v) is 0.933. The van der Waals surface area contributed by atoms with Gasteiger partial charge in [0.2, 0.25) is 0 Å². The van der Waals surface area contributed by atoms with Crippen LogP contribution in [0.5, 0.6) is 0 Å². The number of rotatable bonds is 4. The highest BCUT2D eigenvalue weighted by molar-refractivity contribution is 5.58. The Kier molecular flexibility index (Phi) is 11.5. The molecule has 0 aliphatic heterocycles. The highest BCUT2D eigenvalue weighted by Crippen LogP contribution is 1.78. The van der Waals surface area contributed by atoms with Gasteiger partial charge in [-0.25, -0.2) is 0 Å². The fourth-order valence-corrected chi connectivity index (χ4v) is 0.120. The summed E-state index contributed by atoms with van der Waals surface area (Å²) >= 11 is 0. The number of methoxy groups -OCH3 is 1. The lowest BCUT2D eigenvalue weighted by atomic mass is 10.5. The van der Waals surface area contributed by atoms with Crippen LogP contribution in [0, 0.1) is 0 Å². The molecular formula is C8H16O4. The predicted octanol–water partition coefficient (Wildman–Crippen LogP) is 0.788. The second kappa shape index (κ2) is 10.1. The molecule has 0 unspecified atom stereocenters. The van der Waals surface area contributed by atoms with Crippen molar-refractivity contribution in [2.45, 2.75) is 33.0 Å². The van der Waals surface area contributed by atoms with E-state index >= 15 is 0 Å². The normalized spacial score (nSPS) is 11.1. The van der Waals surface area contributed by atoms with Crippen LogP contribution in [0.25, 0.3) is 0 Å². The average molecular weight is 176 g/mol. The van der Waals surface area contributed by atoms with Crippen LogP contribution in [-0.2, 0) is 19.1 Å². The second-order valence-electron chi connectivity index (χ2n) is 2.36. The van der Waals surface area contributed by atoms with E-state index in [-0.39, 0.29) is 6.47 Å². The first-order valence-electron chi connectivity index (χ1n) is 3.65. The lowest BCUT2D eigenvalue weighted by molar-refractivity contribution is -0.137. The third kappa shape index (κ3) is 16.0. The molecule has 1 atom stereocenters. The van der Waals surface area contributed by atoms with Gasteiger partial charge in [-0.05, 0) is 20.8 Å². The van der Waals surface area contributed by atoms with Gasteiger partial charge in [-0.15, -0.1) is 0 Å². The Hall–Kier alpha value is -0.900. The maximum absolute atomic E-state index is 9.61. The number of aldehydes is 1. The molecule has 0 bridgehead atoms. The van der Waals surface area contributed by atoms with E-state index in [1.165, 1.54) is 6.92 Å². The maximum Gasteiger partial charge on any atom is 0.293 e. The average Bonchev–Trinajstić information content (AvgIpc) is 2.06. The summed E-state index contributed by atoms with van der Waals surface area (Å²) in [5.41, 5.74) is 0. The lowest BCUT2D eigenvalue weighted by Crippen LogP contribution is -2.06. The van der Waals surface area contributed by atoms with Crippen molar-refractivity contribution in [3.63, 3.8) is 0 Å². The second-order valence-corrected chi connectivity index (χ2v) is 2.36. The Labute approximate surface area is 72.8 Å². The van der Waals surface area contributed by atoms with E-state index in [1.54, 1.807) is 7.11 Å². The first kappa shape index (κ1) is 13.7. The highest BCUT2D eigenvalue weighted by atomic mass is 16.5. The van der Waals surface area contributed by atoms with Crippen LogP contribution in [0.3, 0.4) is 0 Å². The molecule has 0 saturated heterocycles. The van der Waals surface area contributed by atoms with Crippen molar-refractivity contribution < 1.29 is 19.1 Å². The predicted molar refractivity (Wildman–Crippen MR) is 44.8 cm³/mol. The van der Waals surface area contributed by atoms with E-state index < -0.39 is 6.10 Å². The van der Waals surface area contributed by atoms with Gasteiger partial charge in [0.25, 0.3) is 6.47 Å². The van der Waals surface area contributed by atoms with E-state index in [0.717, 1.165) is 0 Å². The van der Waals surface area contributed by atoms with Gasteiger partial charge in [0.15, 0.2) is 12.4 Å². The summed E-state index contributed by atoms with van der Waals surface area (Å²) in [6, 6.07) is 0. The smallest absolute Gasteiger partial charge is 0.293 e. The number of carbonyl (C=O) groups is 2. The molecule has 72 valence electrons. The van der Waals surface area contributed by atoms with Crippen molar-refractivity contribution in [1.29, 1.82) is 0 Å². The van der Waals surface area contributed by atoms with Crippen LogP contribution >= 0.6 is 0 Å². The lowest BCUT2D eigenvalue weighted by Gasteiger charge is -1.95. The van der Waals surface area contributed by atoms with Gasteiger partial charge in [0.1, 0.15) is 0 Å². The molecular weight excluding hydrogens is 160 g/mol. The van der Waals surface area contributed by atoms with Gasteiger partial charge in [-0.3, -0.25) is 9.59 Å². The Morgan fingerprint density at radius 3 is 1.67 bits per heavy atom. The summed E-state index contributed by atoms with van der Waals surface area (Å²) in [5, 5.41) is 0. The molecule has 0 aliphatic rings. The molecule has 0 N–H and O–H groups in total. The zero-order valence-electron chi connectivity index (χ0n) is 7.94. The molecule has 0 aromatic carbocycles. The number of hydrogen-bond donors (Lipinski definition) is 0. The third-order valence-electron chi connectivity index (χ3n) is 0.933. The van der Waals surface area contributed by atoms with Gasteiger partial charge in [0, 0.05) is 7.11 Å². The van der Waals surface area contributed by atoms with Gasteiger partial charge in [-0.1, -0.05) is 0 Å². The van der Waals surface area contributed by atoms with Crippen LogP contribution in [0.2, 0.25) is 0 Å². The molecule has 0 spiro atoms. The Morgan fingerprint density at radius 2 is 1.58 bits per heavy atom. The molecule has 0 aromatic rings. The zero-order valence-corrected chi connectivity index (χ0v) is 7.94. The zero-order chi connectivity index (χ0) is 9.98. The van der Waals surface area contributed by atoms with Gasteiger partial charge >= 0.3 is 0 Å². The molecule has 4 nitrogen and oxygen atoms in total. The van der Waals surface area contributed by atoms with Gasteiger partial charge in [0.05, 0.1) is 6.10 Å². The molecule has 0 radical (unpaired) electrons. The van der Waals surface area contributed by atoms with E-state index in [1.807, 2.05) is 13.8 Å². The van der Waals surface area contributed by atoms with Crippen molar-refractivity contribution in [3.05, 3.63) is 0 Å². The van der Waals surface area contributed by atoms with Crippen molar-refractivity contribution in [2.24, 2.45) is 0 Å². The van der Waals surface area contributed by atoms with E-state index in [2.05, 4.69) is 4.74 Å². The van der Waals surface area contributed by atoms with Crippen molar-refractivity contribution in [2.75, 3.05) is 7.11 Å². The van der Waals surface area contributed by atoms with Crippen LogP contribution in [0.4, 0.5) is 0 Å².